The third-order valence-electron chi connectivity index (χ3n) is 10.4. The lowest BCUT2D eigenvalue weighted by Gasteiger charge is -2.45. The zero-order valence-electron chi connectivity index (χ0n) is 33.4. The van der Waals surface area contributed by atoms with Crippen LogP contribution >= 0.6 is 11.6 Å². The molecule has 0 spiro atoms. The molecule has 7 rings (SSSR count). The van der Waals surface area contributed by atoms with Gasteiger partial charge in [0.1, 0.15) is 29.3 Å². The Morgan fingerprint density at radius 2 is 1.53 bits per heavy atom. The number of ether oxygens (including phenoxy) is 2. The van der Waals surface area contributed by atoms with Crippen molar-refractivity contribution in [2.24, 2.45) is 4.40 Å². The summed E-state index contributed by atoms with van der Waals surface area (Å²) in [5.74, 6) is 0.623. The number of hydrogen-bond acceptors (Lipinski definition) is 10. The fourth-order valence-corrected chi connectivity index (χ4v) is 8.93. The molecule has 4 heterocycles. The van der Waals surface area contributed by atoms with Crippen LogP contribution in [0.1, 0.15) is 56.0 Å². The third-order valence-corrected chi connectivity index (χ3v) is 11.9. The first-order chi connectivity index (χ1) is 28.2. The molecule has 0 aliphatic carbocycles. The number of amidine groups is 1. The molecule has 0 radical (unpaired) electrons. The number of methoxy groups -OCH3 is 2. The van der Waals surface area contributed by atoms with Crippen molar-refractivity contribution in [2.45, 2.75) is 58.8 Å². The number of benzene rings is 3. The van der Waals surface area contributed by atoms with Crippen molar-refractivity contribution in [1.29, 1.82) is 0 Å². The van der Waals surface area contributed by atoms with Crippen molar-refractivity contribution in [2.75, 3.05) is 36.5 Å². The normalized spacial score (nSPS) is 17.4. The lowest BCUT2D eigenvalue weighted by Crippen LogP contribution is -2.60. The van der Waals surface area contributed by atoms with Gasteiger partial charge in [0, 0.05) is 43.8 Å². The van der Waals surface area contributed by atoms with Gasteiger partial charge in [-0.1, -0.05) is 61.8 Å². The van der Waals surface area contributed by atoms with Gasteiger partial charge in [-0.05, 0) is 73.4 Å². The molecule has 0 bridgehead atoms. The topological polar surface area (TPSA) is 154 Å². The lowest BCUT2D eigenvalue weighted by molar-refractivity contribution is 0.0751. The van der Waals surface area contributed by atoms with E-state index in [0.29, 0.717) is 17.2 Å². The van der Waals surface area contributed by atoms with Gasteiger partial charge >= 0.3 is 16.3 Å². The molecule has 2 atom stereocenters. The van der Waals surface area contributed by atoms with Crippen molar-refractivity contribution >= 4 is 51.1 Å². The zero-order chi connectivity index (χ0) is 42.2. The molecular formula is C42H44ClFN8O6S. The summed E-state index contributed by atoms with van der Waals surface area (Å²) in [5.41, 5.74) is 2.58. The number of rotatable bonds is 10. The fourth-order valence-electron chi connectivity index (χ4n) is 7.41. The molecule has 17 heteroatoms. The maximum Gasteiger partial charge on any atom is 0.407 e. The highest BCUT2D eigenvalue weighted by Crippen LogP contribution is 2.46. The van der Waals surface area contributed by atoms with E-state index < -0.39 is 34.2 Å². The average molecular weight is 843 g/mol. The first kappa shape index (κ1) is 41.2. The highest BCUT2D eigenvalue weighted by atomic mass is 35.5. The van der Waals surface area contributed by atoms with Crippen molar-refractivity contribution in [3.8, 4) is 22.8 Å². The van der Waals surface area contributed by atoms with E-state index in [0.717, 1.165) is 15.4 Å². The fraction of sp³-hybridized carbons (Fsp3) is 0.310. The van der Waals surface area contributed by atoms with E-state index in [4.69, 9.17) is 31.0 Å². The molecule has 1 fully saturated rings. The van der Waals surface area contributed by atoms with Crippen LogP contribution in [0.5, 0.6) is 11.5 Å². The summed E-state index contributed by atoms with van der Waals surface area (Å²) in [6.45, 7) is 8.10. The largest absolute Gasteiger partial charge is 0.497 e. The number of carboxylic acid groups (broad SMARTS) is 1. The number of amides is 1. The van der Waals surface area contributed by atoms with E-state index >= 15 is 12.8 Å². The quantitative estimate of drug-likeness (QED) is 0.146. The smallest absolute Gasteiger partial charge is 0.407 e. The summed E-state index contributed by atoms with van der Waals surface area (Å²) in [6, 6.07) is 21.6. The Morgan fingerprint density at radius 3 is 2.08 bits per heavy atom. The van der Waals surface area contributed by atoms with Crippen LogP contribution in [0.15, 0.2) is 89.6 Å². The summed E-state index contributed by atoms with van der Waals surface area (Å²) in [5, 5.41) is 9.94. The number of carbonyl (C=O) groups is 1. The second-order valence-electron chi connectivity index (χ2n) is 14.8. The molecule has 1 N–H and O–H groups in total. The van der Waals surface area contributed by atoms with Gasteiger partial charge in [-0.3, -0.25) is 0 Å². The number of pyridine rings is 1. The molecule has 5 aromatic rings. The molecular weight excluding hydrogens is 799 g/mol. The highest BCUT2D eigenvalue weighted by molar-refractivity contribution is 7.92. The molecule has 59 heavy (non-hydrogen) atoms. The number of piperazine rings is 1. The molecule has 2 aliphatic rings. The van der Waals surface area contributed by atoms with Gasteiger partial charge < -0.3 is 29.3 Å². The van der Waals surface area contributed by atoms with Crippen LogP contribution in [0.2, 0.25) is 5.02 Å². The second-order valence-corrected chi connectivity index (χ2v) is 16.6. The minimum absolute atomic E-state index is 0.0138. The summed E-state index contributed by atoms with van der Waals surface area (Å²) >= 11 is 6.95. The van der Waals surface area contributed by atoms with E-state index in [1.807, 2.05) is 67.3 Å². The molecule has 14 nitrogen and oxygen atoms in total. The van der Waals surface area contributed by atoms with Gasteiger partial charge in [0.05, 0.1) is 36.2 Å². The predicted molar refractivity (Wildman–Crippen MR) is 225 cm³/mol. The molecule has 3 aromatic carbocycles. The molecule has 0 unspecified atom stereocenters. The van der Waals surface area contributed by atoms with Gasteiger partial charge in [-0.15, -0.1) is 4.40 Å². The number of aromatic nitrogens is 3. The van der Waals surface area contributed by atoms with Crippen molar-refractivity contribution in [3.05, 3.63) is 118 Å². The van der Waals surface area contributed by atoms with Crippen LogP contribution in [-0.4, -0.2) is 89.6 Å². The van der Waals surface area contributed by atoms with E-state index in [9.17, 15) is 9.90 Å². The molecule has 1 amide bonds. The van der Waals surface area contributed by atoms with E-state index in [1.54, 1.807) is 39.0 Å². The van der Waals surface area contributed by atoms with Crippen LogP contribution < -0.4 is 18.7 Å². The Balaban J connectivity index is 1.47. The standard InChI is InChI=1S/C42H44ClFN8O6S/c1-25(2)36-38(41(46-24-45-36)49(22-28-11-15-30(57-5)16-12-28)23-29-13-17-31(58-6)18-14-29)52-39-33(19-34(43)37(47-39)32-9-7-8-10-35(32)44)40(48-59(52,55)56)50-20-27(4)51(42(53)54)21-26(50)3/h7-19,24-27H,20-23H2,1-6H3,(H,53,54)/t26-,27+/m0/s1. The van der Waals surface area contributed by atoms with Crippen LogP contribution in [0.25, 0.3) is 11.3 Å². The number of fused-ring (bicyclic) bond motifs is 1. The maximum atomic E-state index is 15.5. The van der Waals surface area contributed by atoms with E-state index in [2.05, 4.69) is 9.38 Å². The number of nitrogens with zero attached hydrogens (tertiary/aromatic N) is 8. The zero-order valence-corrected chi connectivity index (χ0v) is 34.9. The first-order valence-corrected chi connectivity index (χ1v) is 20.7. The van der Waals surface area contributed by atoms with Crippen LogP contribution in [0, 0.1) is 5.82 Å². The van der Waals surface area contributed by atoms with Crippen LogP contribution in [0.4, 0.5) is 26.5 Å². The minimum Gasteiger partial charge on any atom is -0.497 e. The molecule has 308 valence electrons. The molecule has 0 saturated carbocycles. The minimum atomic E-state index is -4.75. The highest BCUT2D eigenvalue weighted by Gasteiger charge is 2.44. The van der Waals surface area contributed by atoms with Gasteiger partial charge in [-0.2, -0.15) is 12.7 Å². The summed E-state index contributed by atoms with van der Waals surface area (Å²) in [6.07, 6.45) is 0.320. The summed E-state index contributed by atoms with van der Waals surface area (Å²) in [4.78, 5) is 31.4. The van der Waals surface area contributed by atoms with E-state index in [1.165, 1.54) is 35.5 Å². The van der Waals surface area contributed by atoms with Crippen LogP contribution in [-0.2, 0) is 23.3 Å². The summed E-state index contributed by atoms with van der Waals surface area (Å²) < 4.78 is 62.1. The monoisotopic (exact) mass is 842 g/mol. The van der Waals surface area contributed by atoms with Crippen molar-refractivity contribution < 1.29 is 32.2 Å². The van der Waals surface area contributed by atoms with Gasteiger partial charge in [0.25, 0.3) is 0 Å². The van der Waals surface area contributed by atoms with Crippen molar-refractivity contribution in [1.82, 2.24) is 24.8 Å². The SMILES string of the molecule is COc1ccc(CN(Cc2ccc(OC)cc2)c2ncnc(C(C)C)c2N2c3nc(-c4ccccc4F)c(Cl)cc3C(N3C[C@@H](C)N(C(=O)O)C[C@@H]3C)=NS2(=O)=O)cc1. The Kier molecular flexibility index (Phi) is 11.7. The van der Waals surface area contributed by atoms with Crippen molar-refractivity contribution in [3.63, 3.8) is 0 Å². The number of halogens is 2. The van der Waals surface area contributed by atoms with Gasteiger partial charge in [-0.25, -0.2) is 24.1 Å². The molecule has 2 aliphatic heterocycles. The lowest BCUT2D eigenvalue weighted by atomic mass is 10.0. The predicted octanol–water partition coefficient (Wildman–Crippen LogP) is 7.89. The Bertz CT molecular complexity index is 2460. The first-order valence-electron chi connectivity index (χ1n) is 18.9. The molecule has 1 saturated heterocycles. The Hall–Kier alpha value is -6.00. The maximum absolute atomic E-state index is 15.5. The molecule has 2 aromatic heterocycles. The summed E-state index contributed by atoms with van der Waals surface area (Å²) in [7, 11) is -1.57. The van der Waals surface area contributed by atoms with Gasteiger partial charge in [0.15, 0.2) is 17.5 Å². The van der Waals surface area contributed by atoms with Crippen LogP contribution in [0.3, 0.4) is 0 Å². The number of hydrogen-bond donors (Lipinski definition) is 1. The third kappa shape index (κ3) is 8.19. The average Bonchev–Trinajstić information content (AvgIpc) is 3.21. The second kappa shape index (κ2) is 16.7. The van der Waals surface area contributed by atoms with Gasteiger partial charge in [0.2, 0.25) is 0 Å². The Morgan fingerprint density at radius 1 is 0.915 bits per heavy atom. The number of anilines is 3. The van der Waals surface area contributed by atoms with E-state index in [-0.39, 0.29) is 77.1 Å². The Labute approximate surface area is 347 Å².